The SMILES string of the molecule is O=C1c2c(O)cccc2[C@@](O)(C2O[C@H](CO)[C@@H](O)[C@H](O)[C@H]2O)c2cc(CO)cc(O)c21. The first kappa shape index (κ1) is 21.7. The van der Waals surface area contributed by atoms with E-state index < -0.39 is 66.6 Å². The van der Waals surface area contributed by atoms with Crippen molar-refractivity contribution >= 4 is 5.78 Å². The standard InChI is InChI=1S/C21H22O10/c22-6-8-4-10-15(12(25)5-8)17(27)14-9(2-1-3-11(14)24)21(10,30)20-19(29)18(28)16(26)13(7-23)31-20/h1-5,13,16,18-20,22-26,28-30H,6-7H2/t13-,16-,18+,19-,20?,21+/m1/s1. The molecule has 166 valence electrons. The summed E-state index contributed by atoms with van der Waals surface area (Å²) in [7, 11) is 0. The number of phenolic OH excluding ortho intramolecular Hbond substituents is 2. The molecule has 31 heavy (non-hydrogen) atoms. The molecule has 1 unspecified atom stereocenters. The van der Waals surface area contributed by atoms with Gasteiger partial charge in [0.05, 0.1) is 24.3 Å². The van der Waals surface area contributed by atoms with E-state index in [1.807, 2.05) is 0 Å². The van der Waals surface area contributed by atoms with Gasteiger partial charge in [0.2, 0.25) is 5.78 Å². The van der Waals surface area contributed by atoms with E-state index in [4.69, 9.17) is 4.74 Å². The molecule has 2 aromatic carbocycles. The number of carbonyl (C=O) groups excluding carboxylic acids is 1. The second-order valence-corrected chi connectivity index (χ2v) is 7.74. The monoisotopic (exact) mass is 434 g/mol. The van der Waals surface area contributed by atoms with Gasteiger partial charge in [-0.1, -0.05) is 12.1 Å². The van der Waals surface area contributed by atoms with Gasteiger partial charge in [0, 0.05) is 11.1 Å². The zero-order valence-electron chi connectivity index (χ0n) is 16.1. The Hall–Kier alpha value is -2.57. The smallest absolute Gasteiger partial charge is 0.201 e. The van der Waals surface area contributed by atoms with Crippen LogP contribution in [0.3, 0.4) is 0 Å². The minimum Gasteiger partial charge on any atom is -0.507 e. The minimum absolute atomic E-state index is 0.135. The molecule has 1 fully saturated rings. The number of benzene rings is 2. The molecule has 2 aliphatic rings. The number of fused-ring (bicyclic) bond motifs is 2. The zero-order valence-corrected chi connectivity index (χ0v) is 16.1. The van der Waals surface area contributed by atoms with Crippen LogP contribution in [0, 0.1) is 0 Å². The van der Waals surface area contributed by atoms with Crippen molar-refractivity contribution in [2.45, 2.75) is 42.7 Å². The maximum atomic E-state index is 13.1. The molecule has 8 N–H and O–H groups in total. The first-order chi connectivity index (χ1) is 14.7. The lowest BCUT2D eigenvalue weighted by atomic mass is 9.68. The molecule has 1 saturated heterocycles. The van der Waals surface area contributed by atoms with Crippen molar-refractivity contribution in [3.05, 3.63) is 58.1 Å². The number of aliphatic hydroxyl groups excluding tert-OH is 5. The number of phenols is 2. The van der Waals surface area contributed by atoms with E-state index in [1.165, 1.54) is 24.3 Å². The molecule has 0 radical (unpaired) electrons. The van der Waals surface area contributed by atoms with E-state index >= 15 is 0 Å². The normalized spacial score (nSPS) is 32.5. The van der Waals surface area contributed by atoms with Crippen LogP contribution in [0.4, 0.5) is 0 Å². The Bertz CT molecular complexity index is 1040. The van der Waals surface area contributed by atoms with Crippen LogP contribution in [-0.2, 0) is 16.9 Å². The Morgan fingerprint density at radius 1 is 0.903 bits per heavy atom. The van der Waals surface area contributed by atoms with Gasteiger partial charge in [0.1, 0.15) is 47.6 Å². The van der Waals surface area contributed by atoms with E-state index in [9.17, 15) is 45.6 Å². The van der Waals surface area contributed by atoms with Gasteiger partial charge in [-0.2, -0.15) is 0 Å². The fraction of sp³-hybridized carbons (Fsp3) is 0.381. The fourth-order valence-corrected chi connectivity index (χ4v) is 4.44. The third-order valence-electron chi connectivity index (χ3n) is 5.98. The molecule has 0 bridgehead atoms. The summed E-state index contributed by atoms with van der Waals surface area (Å²) in [6.45, 7) is -1.30. The summed E-state index contributed by atoms with van der Waals surface area (Å²) in [4.78, 5) is 13.1. The molecule has 4 rings (SSSR count). The van der Waals surface area contributed by atoms with Gasteiger partial charge >= 0.3 is 0 Å². The summed E-state index contributed by atoms with van der Waals surface area (Å²) in [5, 5.41) is 83.0. The second kappa shape index (κ2) is 7.53. The van der Waals surface area contributed by atoms with E-state index in [-0.39, 0.29) is 27.8 Å². The van der Waals surface area contributed by atoms with Gasteiger partial charge in [-0.05, 0) is 23.8 Å². The number of ether oxygens (including phenoxy) is 1. The van der Waals surface area contributed by atoms with Crippen molar-refractivity contribution in [1.29, 1.82) is 0 Å². The average molecular weight is 434 g/mol. The fourth-order valence-electron chi connectivity index (χ4n) is 4.44. The first-order valence-electron chi connectivity index (χ1n) is 9.54. The van der Waals surface area contributed by atoms with Crippen LogP contribution < -0.4 is 0 Å². The molecular weight excluding hydrogens is 412 g/mol. The van der Waals surface area contributed by atoms with E-state index in [2.05, 4.69) is 0 Å². The Morgan fingerprint density at radius 2 is 1.58 bits per heavy atom. The van der Waals surface area contributed by atoms with Crippen LogP contribution in [0.25, 0.3) is 0 Å². The van der Waals surface area contributed by atoms with Crippen LogP contribution in [0.15, 0.2) is 30.3 Å². The summed E-state index contributed by atoms with van der Waals surface area (Å²) in [5.74, 6) is -1.88. The largest absolute Gasteiger partial charge is 0.507 e. The summed E-state index contributed by atoms with van der Waals surface area (Å²) < 4.78 is 5.58. The van der Waals surface area contributed by atoms with Gasteiger partial charge in [0.25, 0.3) is 0 Å². The van der Waals surface area contributed by atoms with Gasteiger partial charge in [-0.25, -0.2) is 0 Å². The number of hydrogen-bond acceptors (Lipinski definition) is 10. The van der Waals surface area contributed by atoms with Crippen LogP contribution in [0.2, 0.25) is 0 Å². The first-order valence-corrected chi connectivity index (χ1v) is 9.54. The number of rotatable bonds is 3. The number of carbonyl (C=O) groups is 1. The summed E-state index contributed by atoms with van der Waals surface area (Å²) >= 11 is 0. The maximum Gasteiger partial charge on any atom is 0.201 e. The van der Waals surface area contributed by atoms with Crippen molar-refractivity contribution in [3.8, 4) is 11.5 Å². The average Bonchev–Trinajstić information content (AvgIpc) is 2.75. The topological polar surface area (TPSA) is 188 Å². The Labute approximate surface area is 175 Å². The molecule has 2 aromatic rings. The van der Waals surface area contributed by atoms with Crippen molar-refractivity contribution < 1.29 is 50.4 Å². The number of ketones is 1. The predicted molar refractivity (Wildman–Crippen MR) is 102 cm³/mol. The molecule has 0 aromatic heterocycles. The lowest BCUT2D eigenvalue weighted by Gasteiger charge is -2.49. The van der Waals surface area contributed by atoms with Gasteiger partial charge in [-0.3, -0.25) is 4.79 Å². The number of aliphatic hydroxyl groups is 6. The lowest BCUT2D eigenvalue weighted by Crippen LogP contribution is -2.65. The molecule has 10 nitrogen and oxygen atoms in total. The van der Waals surface area contributed by atoms with Crippen molar-refractivity contribution in [3.63, 3.8) is 0 Å². The molecule has 0 amide bonds. The highest BCUT2D eigenvalue weighted by atomic mass is 16.6. The molecule has 0 saturated carbocycles. The quantitative estimate of drug-likeness (QED) is 0.274. The highest BCUT2D eigenvalue weighted by molar-refractivity contribution is 6.16. The Kier molecular flexibility index (Phi) is 5.26. The van der Waals surface area contributed by atoms with Crippen LogP contribution in [0.5, 0.6) is 11.5 Å². The van der Waals surface area contributed by atoms with Crippen molar-refractivity contribution in [1.82, 2.24) is 0 Å². The Morgan fingerprint density at radius 3 is 2.23 bits per heavy atom. The molecule has 10 heteroatoms. The molecular formula is C21H22O10. The van der Waals surface area contributed by atoms with E-state index in [1.54, 1.807) is 0 Å². The summed E-state index contributed by atoms with van der Waals surface area (Å²) in [5.41, 5.74) is -3.43. The molecule has 0 spiro atoms. The van der Waals surface area contributed by atoms with Gasteiger partial charge in [0.15, 0.2) is 0 Å². The number of hydrogen-bond donors (Lipinski definition) is 8. The van der Waals surface area contributed by atoms with Crippen molar-refractivity contribution in [2.75, 3.05) is 6.61 Å². The number of aromatic hydroxyl groups is 2. The highest BCUT2D eigenvalue weighted by Gasteiger charge is 2.57. The lowest BCUT2D eigenvalue weighted by molar-refractivity contribution is -0.265. The molecule has 1 aliphatic heterocycles. The second-order valence-electron chi connectivity index (χ2n) is 7.74. The third kappa shape index (κ3) is 2.96. The minimum atomic E-state index is -2.42. The Balaban J connectivity index is 2.04. The van der Waals surface area contributed by atoms with Crippen molar-refractivity contribution in [2.24, 2.45) is 0 Å². The highest BCUT2D eigenvalue weighted by Crippen LogP contribution is 2.50. The summed E-state index contributed by atoms with van der Waals surface area (Å²) in [6, 6.07) is 6.21. The zero-order chi connectivity index (χ0) is 22.7. The van der Waals surface area contributed by atoms with E-state index in [0.717, 1.165) is 6.07 Å². The van der Waals surface area contributed by atoms with Crippen LogP contribution in [0.1, 0.15) is 32.6 Å². The van der Waals surface area contributed by atoms with Crippen LogP contribution >= 0.6 is 0 Å². The van der Waals surface area contributed by atoms with Crippen LogP contribution in [-0.4, -0.2) is 83.8 Å². The molecule has 1 aliphatic carbocycles. The molecule has 1 heterocycles. The third-order valence-corrected chi connectivity index (χ3v) is 5.98. The van der Waals surface area contributed by atoms with Gasteiger partial charge in [-0.15, -0.1) is 0 Å². The summed E-state index contributed by atoms with van der Waals surface area (Å²) in [6.07, 6.45) is -8.49. The van der Waals surface area contributed by atoms with E-state index in [0.29, 0.717) is 0 Å². The van der Waals surface area contributed by atoms with Gasteiger partial charge < -0.3 is 45.6 Å². The molecule has 6 atom stereocenters. The predicted octanol–water partition coefficient (Wildman–Crippen LogP) is -1.79. The maximum absolute atomic E-state index is 13.1.